The Balaban J connectivity index is 2.02. The molecule has 2 aromatic carbocycles. The van der Waals surface area contributed by atoms with Crippen molar-refractivity contribution < 1.29 is 17.9 Å². The van der Waals surface area contributed by atoms with Crippen LogP contribution in [0.2, 0.25) is 0 Å². The number of nitrogens with zero attached hydrogens (tertiary/aromatic N) is 1. The maximum absolute atomic E-state index is 13.2. The molecule has 7 heteroatoms. The zero-order valence-electron chi connectivity index (χ0n) is 14.0. The number of aryl methyl sites for hydroxylation is 1. The SMILES string of the molecule is CCOC(=O)c1ccc(S(=O)(=O)N2CCc3cccc(C)c32)c(Br)c1. The average molecular weight is 424 g/mol. The van der Waals surface area contributed by atoms with Crippen LogP contribution in [0.3, 0.4) is 0 Å². The Bertz CT molecular complexity index is 940. The van der Waals surface area contributed by atoms with Crippen molar-refractivity contribution in [3.8, 4) is 0 Å². The molecular weight excluding hydrogens is 406 g/mol. The Morgan fingerprint density at radius 3 is 2.72 bits per heavy atom. The smallest absolute Gasteiger partial charge is 0.338 e. The lowest BCUT2D eigenvalue weighted by Gasteiger charge is -2.22. The number of halogens is 1. The average Bonchev–Trinajstić information content (AvgIpc) is 3.01. The number of rotatable bonds is 4. The summed E-state index contributed by atoms with van der Waals surface area (Å²) in [6.07, 6.45) is 0.689. The number of fused-ring (bicyclic) bond motifs is 1. The lowest BCUT2D eigenvalue weighted by Crippen LogP contribution is -2.30. The van der Waals surface area contributed by atoms with Gasteiger partial charge in [0.15, 0.2) is 0 Å². The molecule has 3 rings (SSSR count). The van der Waals surface area contributed by atoms with E-state index in [4.69, 9.17) is 4.74 Å². The van der Waals surface area contributed by atoms with E-state index in [-0.39, 0.29) is 11.5 Å². The quantitative estimate of drug-likeness (QED) is 0.703. The summed E-state index contributed by atoms with van der Waals surface area (Å²) in [4.78, 5) is 12.0. The van der Waals surface area contributed by atoms with E-state index < -0.39 is 16.0 Å². The highest BCUT2D eigenvalue weighted by molar-refractivity contribution is 9.10. The molecule has 0 saturated heterocycles. The third-order valence-electron chi connectivity index (χ3n) is 4.17. The first-order valence-electron chi connectivity index (χ1n) is 7.94. The maximum atomic E-state index is 13.2. The van der Waals surface area contributed by atoms with E-state index in [0.717, 1.165) is 16.8 Å². The van der Waals surface area contributed by atoms with Crippen LogP contribution in [0.25, 0.3) is 0 Å². The molecule has 0 radical (unpaired) electrons. The third kappa shape index (κ3) is 3.18. The highest BCUT2D eigenvalue weighted by Crippen LogP contribution is 2.37. The fourth-order valence-corrected chi connectivity index (χ4v) is 5.63. The first-order valence-corrected chi connectivity index (χ1v) is 10.2. The van der Waals surface area contributed by atoms with Crippen LogP contribution >= 0.6 is 15.9 Å². The van der Waals surface area contributed by atoms with E-state index in [2.05, 4.69) is 15.9 Å². The van der Waals surface area contributed by atoms with E-state index in [0.29, 0.717) is 23.0 Å². The zero-order valence-corrected chi connectivity index (χ0v) is 16.4. The third-order valence-corrected chi connectivity index (χ3v) is 6.94. The Morgan fingerprint density at radius 2 is 2.04 bits per heavy atom. The van der Waals surface area contributed by atoms with E-state index in [1.54, 1.807) is 6.92 Å². The normalized spacial score (nSPS) is 13.6. The molecule has 0 bridgehead atoms. The molecule has 132 valence electrons. The molecule has 0 atom stereocenters. The van der Waals surface area contributed by atoms with Crippen LogP contribution in [0.15, 0.2) is 45.8 Å². The minimum Gasteiger partial charge on any atom is -0.462 e. The van der Waals surface area contributed by atoms with Crippen molar-refractivity contribution in [2.75, 3.05) is 17.5 Å². The van der Waals surface area contributed by atoms with Gasteiger partial charge in [-0.3, -0.25) is 4.31 Å². The van der Waals surface area contributed by atoms with Gasteiger partial charge in [-0.15, -0.1) is 0 Å². The van der Waals surface area contributed by atoms with Crippen LogP contribution in [0.1, 0.15) is 28.4 Å². The van der Waals surface area contributed by atoms with Crippen LogP contribution < -0.4 is 4.31 Å². The largest absolute Gasteiger partial charge is 0.462 e. The standard InChI is InChI=1S/C18H18BrNO4S/c1-3-24-18(21)14-7-8-16(15(19)11-14)25(22,23)20-10-9-13-6-4-5-12(2)17(13)20/h4-8,11H,3,9-10H2,1-2H3. The fourth-order valence-electron chi connectivity index (χ4n) is 3.02. The van der Waals surface area contributed by atoms with Crippen LogP contribution in [-0.4, -0.2) is 27.5 Å². The van der Waals surface area contributed by atoms with Gasteiger partial charge in [0.25, 0.3) is 10.0 Å². The van der Waals surface area contributed by atoms with Gasteiger partial charge in [0.2, 0.25) is 0 Å². The summed E-state index contributed by atoms with van der Waals surface area (Å²) in [5.41, 5.74) is 3.02. The van der Waals surface area contributed by atoms with Gasteiger partial charge >= 0.3 is 5.97 Å². The lowest BCUT2D eigenvalue weighted by atomic mass is 10.1. The second-order valence-electron chi connectivity index (χ2n) is 5.78. The van der Waals surface area contributed by atoms with Gasteiger partial charge < -0.3 is 4.74 Å². The topological polar surface area (TPSA) is 63.7 Å². The molecule has 2 aromatic rings. The van der Waals surface area contributed by atoms with Crippen LogP contribution in [-0.2, 0) is 21.2 Å². The number of hydrogen-bond donors (Lipinski definition) is 0. The second-order valence-corrected chi connectivity index (χ2v) is 8.46. The number of esters is 1. The molecule has 0 unspecified atom stereocenters. The Kier molecular flexibility index (Phi) is 4.88. The highest BCUT2D eigenvalue weighted by Gasteiger charge is 2.33. The summed E-state index contributed by atoms with van der Waals surface area (Å²) in [7, 11) is -3.73. The van der Waals surface area contributed by atoms with Crippen molar-refractivity contribution in [1.82, 2.24) is 0 Å². The van der Waals surface area contributed by atoms with Gasteiger partial charge in [0.05, 0.1) is 17.9 Å². The van der Waals surface area contributed by atoms with Crippen LogP contribution in [0, 0.1) is 6.92 Å². The highest BCUT2D eigenvalue weighted by atomic mass is 79.9. The molecule has 0 aromatic heterocycles. The number of carbonyl (C=O) groups excluding carboxylic acids is 1. The van der Waals surface area contributed by atoms with Gasteiger partial charge in [-0.25, -0.2) is 13.2 Å². The second kappa shape index (κ2) is 6.80. The van der Waals surface area contributed by atoms with Gasteiger partial charge in [0, 0.05) is 11.0 Å². The summed E-state index contributed by atoms with van der Waals surface area (Å²) < 4.78 is 33.1. The molecule has 0 aliphatic carbocycles. The Labute approximate surface area is 155 Å². The Morgan fingerprint density at radius 1 is 1.28 bits per heavy atom. The van der Waals surface area contributed by atoms with E-state index in [1.165, 1.54) is 22.5 Å². The molecule has 1 aliphatic rings. The Hall–Kier alpha value is -1.86. The van der Waals surface area contributed by atoms with Crippen LogP contribution in [0.4, 0.5) is 5.69 Å². The molecule has 25 heavy (non-hydrogen) atoms. The number of benzene rings is 2. The molecule has 5 nitrogen and oxygen atoms in total. The van der Waals surface area contributed by atoms with Gasteiger partial charge in [-0.05, 0) is 65.5 Å². The van der Waals surface area contributed by atoms with Crippen molar-refractivity contribution >= 4 is 37.6 Å². The molecular formula is C18H18BrNO4S. The predicted molar refractivity (Wildman–Crippen MR) is 99.5 cm³/mol. The predicted octanol–water partition coefficient (Wildman–Crippen LogP) is 3.69. The number of anilines is 1. The van der Waals surface area contributed by atoms with Gasteiger partial charge in [-0.1, -0.05) is 18.2 Å². The summed E-state index contributed by atoms with van der Waals surface area (Å²) in [5.74, 6) is -0.477. The number of carbonyl (C=O) groups is 1. The van der Waals surface area contributed by atoms with Gasteiger partial charge in [-0.2, -0.15) is 0 Å². The maximum Gasteiger partial charge on any atom is 0.338 e. The first-order chi connectivity index (χ1) is 11.9. The van der Waals surface area contributed by atoms with Crippen molar-refractivity contribution in [3.05, 3.63) is 57.6 Å². The van der Waals surface area contributed by atoms with Crippen molar-refractivity contribution in [2.45, 2.75) is 25.2 Å². The number of para-hydroxylation sites is 1. The van der Waals surface area contributed by atoms with Gasteiger partial charge in [0.1, 0.15) is 4.90 Å². The number of ether oxygens (including phenoxy) is 1. The molecule has 0 amide bonds. The van der Waals surface area contributed by atoms with Crippen molar-refractivity contribution in [2.24, 2.45) is 0 Å². The van der Waals surface area contributed by atoms with E-state index in [9.17, 15) is 13.2 Å². The minimum atomic E-state index is -3.73. The summed E-state index contributed by atoms with van der Waals surface area (Å²) in [6.45, 7) is 4.30. The number of sulfonamides is 1. The van der Waals surface area contributed by atoms with E-state index in [1.807, 2.05) is 25.1 Å². The molecule has 1 heterocycles. The minimum absolute atomic E-state index is 0.136. The molecule has 0 fully saturated rings. The molecule has 0 saturated carbocycles. The van der Waals surface area contributed by atoms with Crippen LogP contribution in [0.5, 0.6) is 0 Å². The molecule has 0 spiro atoms. The zero-order chi connectivity index (χ0) is 18.2. The van der Waals surface area contributed by atoms with Crippen molar-refractivity contribution in [3.63, 3.8) is 0 Å². The lowest BCUT2D eigenvalue weighted by molar-refractivity contribution is 0.0526. The summed E-state index contributed by atoms with van der Waals surface area (Å²) in [6, 6.07) is 10.2. The fraction of sp³-hybridized carbons (Fsp3) is 0.278. The first kappa shape index (κ1) is 17.9. The summed E-state index contributed by atoms with van der Waals surface area (Å²) >= 11 is 3.29. The van der Waals surface area contributed by atoms with E-state index >= 15 is 0 Å². The summed E-state index contributed by atoms with van der Waals surface area (Å²) in [5, 5.41) is 0. The number of hydrogen-bond acceptors (Lipinski definition) is 4. The molecule has 0 N–H and O–H groups in total. The monoisotopic (exact) mass is 423 g/mol. The molecule has 1 aliphatic heterocycles. The van der Waals surface area contributed by atoms with Crippen molar-refractivity contribution in [1.29, 1.82) is 0 Å².